The minimum absolute atomic E-state index is 0.0746. The summed E-state index contributed by atoms with van der Waals surface area (Å²) in [6.07, 6.45) is -5.79. The lowest BCUT2D eigenvalue weighted by atomic mass is 10.0. The summed E-state index contributed by atoms with van der Waals surface area (Å²) < 4.78 is 5.29. The quantitative estimate of drug-likeness (QED) is 0.444. The molecule has 0 bridgehead atoms. The van der Waals surface area contributed by atoms with Crippen LogP contribution in [0.5, 0.6) is 0 Å². The molecular formula is C13H18O6. The molecule has 0 spiro atoms. The third kappa shape index (κ3) is 4.70. The molecule has 1 aromatic carbocycles. The zero-order valence-corrected chi connectivity index (χ0v) is 10.3. The second kappa shape index (κ2) is 7.98. The van der Waals surface area contributed by atoms with Gasteiger partial charge in [-0.2, -0.15) is 0 Å². The highest BCUT2D eigenvalue weighted by atomic mass is 16.5. The van der Waals surface area contributed by atoms with Crippen molar-refractivity contribution in [3.63, 3.8) is 0 Å². The number of aliphatic hydroxyl groups excluding tert-OH is 4. The third-order valence-electron chi connectivity index (χ3n) is 2.68. The van der Waals surface area contributed by atoms with Crippen molar-refractivity contribution >= 4 is 6.29 Å². The van der Waals surface area contributed by atoms with Gasteiger partial charge in [0.15, 0.2) is 6.29 Å². The summed E-state index contributed by atoms with van der Waals surface area (Å²) in [5.41, 5.74) is 0.797. The first-order valence-electron chi connectivity index (χ1n) is 5.86. The number of hydrogen-bond donors (Lipinski definition) is 4. The molecule has 6 heteroatoms. The standard InChI is InChI=1S/C13H18O6/c14-6-10(16)12(18)13(11(17)7-15)19-8-9-4-2-1-3-5-9/h1-6,10-13,15-18H,7-8H2/t10-,11+,12+,13+/m0/s1. The van der Waals surface area contributed by atoms with Crippen LogP contribution in [0.1, 0.15) is 5.56 Å². The summed E-state index contributed by atoms with van der Waals surface area (Å²) >= 11 is 0. The molecule has 19 heavy (non-hydrogen) atoms. The fraction of sp³-hybridized carbons (Fsp3) is 0.462. The Labute approximate surface area is 110 Å². The Morgan fingerprint density at radius 1 is 1.16 bits per heavy atom. The Bertz CT molecular complexity index is 369. The summed E-state index contributed by atoms with van der Waals surface area (Å²) in [7, 11) is 0. The van der Waals surface area contributed by atoms with Gasteiger partial charge in [0, 0.05) is 0 Å². The Balaban J connectivity index is 2.67. The second-order valence-corrected chi connectivity index (χ2v) is 4.13. The molecule has 1 rings (SSSR count). The number of benzene rings is 1. The van der Waals surface area contributed by atoms with Crippen molar-refractivity contribution in [3.8, 4) is 0 Å². The van der Waals surface area contributed by atoms with E-state index in [4.69, 9.17) is 9.84 Å². The number of aliphatic hydroxyl groups is 4. The molecule has 0 aliphatic carbocycles. The van der Waals surface area contributed by atoms with Gasteiger partial charge in [-0.1, -0.05) is 30.3 Å². The Morgan fingerprint density at radius 3 is 2.32 bits per heavy atom. The van der Waals surface area contributed by atoms with Crippen LogP contribution < -0.4 is 0 Å². The van der Waals surface area contributed by atoms with E-state index in [9.17, 15) is 20.1 Å². The average molecular weight is 270 g/mol. The Kier molecular flexibility index (Phi) is 6.61. The monoisotopic (exact) mass is 270 g/mol. The molecule has 0 saturated heterocycles. The van der Waals surface area contributed by atoms with Gasteiger partial charge in [0.1, 0.15) is 24.4 Å². The summed E-state index contributed by atoms with van der Waals surface area (Å²) in [4.78, 5) is 10.4. The molecule has 4 N–H and O–H groups in total. The van der Waals surface area contributed by atoms with Crippen LogP contribution in [0.2, 0.25) is 0 Å². The van der Waals surface area contributed by atoms with Gasteiger partial charge in [-0.25, -0.2) is 0 Å². The fourth-order valence-corrected chi connectivity index (χ4v) is 1.58. The minimum atomic E-state index is -1.68. The molecule has 0 saturated carbocycles. The molecule has 0 heterocycles. The van der Waals surface area contributed by atoms with E-state index < -0.39 is 31.0 Å². The lowest BCUT2D eigenvalue weighted by molar-refractivity contribution is -0.153. The van der Waals surface area contributed by atoms with E-state index in [-0.39, 0.29) is 12.9 Å². The smallest absolute Gasteiger partial charge is 0.151 e. The molecule has 0 radical (unpaired) electrons. The topological polar surface area (TPSA) is 107 Å². The number of rotatable bonds is 8. The average Bonchev–Trinajstić information content (AvgIpc) is 2.47. The van der Waals surface area contributed by atoms with Crippen molar-refractivity contribution < 1.29 is 30.0 Å². The summed E-state index contributed by atoms with van der Waals surface area (Å²) in [5.74, 6) is 0. The van der Waals surface area contributed by atoms with Gasteiger partial charge >= 0.3 is 0 Å². The highest BCUT2D eigenvalue weighted by molar-refractivity contribution is 5.56. The maximum absolute atomic E-state index is 10.4. The first-order valence-corrected chi connectivity index (χ1v) is 5.86. The minimum Gasteiger partial charge on any atom is -0.394 e. The van der Waals surface area contributed by atoms with Gasteiger partial charge in [0.25, 0.3) is 0 Å². The van der Waals surface area contributed by atoms with E-state index in [0.29, 0.717) is 0 Å². The van der Waals surface area contributed by atoms with Crippen LogP contribution in [-0.4, -0.2) is 57.7 Å². The van der Waals surface area contributed by atoms with Crippen molar-refractivity contribution in [2.24, 2.45) is 0 Å². The first-order chi connectivity index (χ1) is 9.10. The molecule has 0 amide bonds. The van der Waals surface area contributed by atoms with Gasteiger partial charge in [-0.3, -0.25) is 0 Å². The lowest BCUT2D eigenvalue weighted by Gasteiger charge is -2.27. The van der Waals surface area contributed by atoms with E-state index in [2.05, 4.69) is 0 Å². The normalized spacial score (nSPS) is 17.5. The maximum Gasteiger partial charge on any atom is 0.151 e. The molecule has 0 unspecified atom stereocenters. The predicted molar refractivity (Wildman–Crippen MR) is 66.2 cm³/mol. The number of carbonyl (C=O) groups excluding carboxylic acids is 1. The first kappa shape index (κ1) is 15.7. The molecule has 0 fully saturated rings. The molecular weight excluding hydrogens is 252 g/mol. The maximum atomic E-state index is 10.4. The fourth-order valence-electron chi connectivity index (χ4n) is 1.58. The molecule has 1 aromatic rings. The SMILES string of the molecule is O=C[C@H](O)[C@@H](O)[C@H](OCc1ccccc1)[C@H](O)CO. The molecule has 0 aliphatic rings. The molecule has 6 nitrogen and oxygen atoms in total. The van der Waals surface area contributed by atoms with Crippen LogP contribution in [0.25, 0.3) is 0 Å². The predicted octanol–water partition coefficient (Wildman–Crippen LogP) is -1.15. The van der Waals surface area contributed by atoms with E-state index in [0.717, 1.165) is 5.56 Å². The van der Waals surface area contributed by atoms with Crippen molar-refractivity contribution in [2.45, 2.75) is 31.0 Å². The summed E-state index contributed by atoms with van der Waals surface area (Å²) in [6, 6.07) is 8.99. The number of aldehydes is 1. The molecule has 0 aromatic heterocycles. The van der Waals surface area contributed by atoms with E-state index >= 15 is 0 Å². The van der Waals surface area contributed by atoms with Crippen molar-refractivity contribution in [3.05, 3.63) is 35.9 Å². The molecule has 106 valence electrons. The second-order valence-electron chi connectivity index (χ2n) is 4.13. The number of carbonyl (C=O) groups is 1. The Hall–Kier alpha value is -1.31. The number of hydrogen-bond acceptors (Lipinski definition) is 6. The van der Waals surface area contributed by atoms with Crippen LogP contribution in [0.4, 0.5) is 0 Å². The zero-order chi connectivity index (χ0) is 14.3. The van der Waals surface area contributed by atoms with Crippen LogP contribution in [0.15, 0.2) is 30.3 Å². The lowest BCUT2D eigenvalue weighted by Crippen LogP contribution is -2.48. The third-order valence-corrected chi connectivity index (χ3v) is 2.68. The van der Waals surface area contributed by atoms with Crippen LogP contribution in [0.3, 0.4) is 0 Å². The Morgan fingerprint density at radius 2 is 1.79 bits per heavy atom. The van der Waals surface area contributed by atoms with E-state index in [1.807, 2.05) is 6.07 Å². The highest BCUT2D eigenvalue weighted by Crippen LogP contribution is 2.12. The molecule has 4 atom stereocenters. The van der Waals surface area contributed by atoms with Crippen LogP contribution >= 0.6 is 0 Å². The number of ether oxygens (including phenoxy) is 1. The largest absolute Gasteiger partial charge is 0.394 e. The van der Waals surface area contributed by atoms with Crippen molar-refractivity contribution in [1.82, 2.24) is 0 Å². The van der Waals surface area contributed by atoms with E-state index in [1.165, 1.54) is 0 Å². The van der Waals surface area contributed by atoms with Gasteiger partial charge in [-0.15, -0.1) is 0 Å². The highest BCUT2D eigenvalue weighted by Gasteiger charge is 2.32. The van der Waals surface area contributed by atoms with E-state index in [1.54, 1.807) is 24.3 Å². The zero-order valence-electron chi connectivity index (χ0n) is 10.3. The van der Waals surface area contributed by atoms with Gasteiger partial charge in [-0.05, 0) is 5.56 Å². The van der Waals surface area contributed by atoms with Crippen molar-refractivity contribution in [1.29, 1.82) is 0 Å². The van der Waals surface area contributed by atoms with Gasteiger partial charge < -0.3 is 30.0 Å². The summed E-state index contributed by atoms with van der Waals surface area (Å²) in [6.45, 7) is -0.576. The molecule has 0 aliphatic heterocycles. The van der Waals surface area contributed by atoms with Gasteiger partial charge in [0.2, 0.25) is 0 Å². The van der Waals surface area contributed by atoms with Crippen molar-refractivity contribution in [2.75, 3.05) is 6.61 Å². The van der Waals surface area contributed by atoms with Gasteiger partial charge in [0.05, 0.1) is 13.2 Å². The summed E-state index contributed by atoms with van der Waals surface area (Å²) in [5, 5.41) is 37.4. The van der Waals surface area contributed by atoms with Crippen LogP contribution in [0, 0.1) is 0 Å². The van der Waals surface area contributed by atoms with Crippen LogP contribution in [-0.2, 0) is 16.1 Å².